The number of nitrogens with zero attached hydrogens (tertiary/aromatic N) is 1. The Hall–Kier alpha value is -2.53. The number of benzene rings is 2. The second kappa shape index (κ2) is 9.31. The van der Waals surface area contributed by atoms with E-state index in [1.807, 2.05) is 0 Å². The van der Waals surface area contributed by atoms with Crippen LogP contribution in [0.25, 0.3) is 0 Å². The number of piperazine rings is 1. The van der Waals surface area contributed by atoms with E-state index in [0.29, 0.717) is 37.3 Å². The molecule has 170 valence electrons. The van der Waals surface area contributed by atoms with Crippen molar-refractivity contribution in [1.82, 2.24) is 10.2 Å². The van der Waals surface area contributed by atoms with Gasteiger partial charge in [0.25, 0.3) is 0 Å². The number of halogens is 7. The number of alkyl halides is 7. The van der Waals surface area contributed by atoms with Crippen molar-refractivity contribution < 1.29 is 40.2 Å². The van der Waals surface area contributed by atoms with E-state index in [-0.39, 0.29) is 5.75 Å². The van der Waals surface area contributed by atoms with Gasteiger partial charge in [0.05, 0.1) is 6.04 Å². The Balaban J connectivity index is 1.86. The maximum Gasteiger partial charge on any atom is 0.573 e. The number of hydrogen-bond donors (Lipinski definition) is 1. The van der Waals surface area contributed by atoms with Crippen LogP contribution < -0.4 is 14.8 Å². The number of rotatable bonds is 7. The molecule has 1 atom stereocenters. The van der Waals surface area contributed by atoms with Gasteiger partial charge in [-0.15, -0.1) is 13.2 Å². The van der Waals surface area contributed by atoms with Gasteiger partial charge in [0.15, 0.2) is 0 Å². The highest BCUT2D eigenvalue weighted by Gasteiger charge is 2.44. The van der Waals surface area contributed by atoms with Gasteiger partial charge in [-0.05, 0) is 35.4 Å². The molecular formula is C20H19F7N2O2. The summed E-state index contributed by atoms with van der Waals surface area (Å²) in [6.45, 7) is 2.64. The average molecular weight is 452 g/mol. The SMILES string of the molecule is FC(F)C(F)(F)Oc1ccc([C@@H](c2ccc(OC(F)(F)F)cc2)N2CCNCC2)cc1. The summed E-state index contributed by atoms with van der Waals surface area (Å²) < 4.78 is 96.1. The van der Waals surface area contributed by atoms with Gasteiger partial charge in [-0.3, -0.25) is 4.90 Å². The molecule has 1 N–H and O–H groups in total. The van der Waals surface area contributed by atoms with Crippen molar-refractivity contribution in [2.24, 2.45) is 0 Å². The standard InChI is InChI=1S/C20H19F7N2O2/c21-18(22)19(23,24)30-15-5-1-13(2-6-15)17(29-11-9-28-10-12-29)14-3-7-16(8-4-14)31-20(25,26)27/h1-8,17-18,28H,9-12H2/t17-/m0/s1. The smallest absolute Gasteiger partial charge is 0.428 e. The van der Waals surface area contributed by atoms with E-state index in [4.69, 9.17) is 0 Å². The summed E-state index contributed by atoms with van der Waals surface area (Å²) in [6.07, 6.45) is -13.4. The summed E-state index contributed by atoms with van der Waals surface area (Å²) in [4.78, 5) is 2.07. The van der Waals surface area contributed by atoms with Gasteiger partial charge in [-0.1, -0.05) is 24.3 Å². The van der Waals surface area contributed by atoms with Crippen LogP contribution in [0.15, 0.2) is 48.5 Å². The van der Waals surface area contributed by atoms with Gasteiger partial charge in [0, 0.05) is 26.2 Å². The lowest BCUT2D eigenvalue weighted by molar-refractivity contribution is -0.274. The van der Waals surface area contributed by atoms with Crippen LogP contribution in [0, 0.1) is 0 Å². The molecule has 0 aliphatic carbocycles. The highest BCUT2D eigenvalue weighted by atomic mass is 19.4. The Morgan fingerprint density at radius 2 is 1.19 bits per heavy atom. The Morgan fingerprint density at radius 3 is 1.61 bits per heavy atom. The van der Waals surface area contributed by atoms with Crippen molar-refractivity contribution in [3.05, 3.63) is 59.7 Å². The van der Waals surface area contributed by atoms with Crippen LogP contribution in [0.1, 0.15) is 17.2 Å². The molecule has 1 heterocycles. The minimum absolute atomic E-state index is 0.367. The second-order valence-corrected chi connectivity index (χ2v) is 6.84. The predicted octanol–water partition coefficient (Wildman–Crippen LogP) is 4.82. The summed E-state index contributed by atoms with van der Waals surface area (Å²) in [6, 6.07) is 10.2. The second-order valence-electron chi connectivity index (χ2n) is 6.84. The van der Waals surface area contributed by atoms with E-state index in [2.05, 4.69) is 19.7 Å². The molecule has 1 fully saturated rings. The molecule has 0 unspecified atom stereocenters. The first kappa shape index (κ1) is 23.1. The van der Waals surface area contributed by atoms with E-state index in [1.165, 1.54) is 36.4 Å². The van der Waals surface area contributed by atoms with Crippen molar-refractivity contribution in [1.29, 1.82) is 0 Å². The third-order valence-corrected chi connectivity index (χ3v) is 4.65. The van der Waals surface area contributed by atoms with E-state index in [0.717, 1.165) is 12.1 Å². The molecule has 0 bridgehead atoms. The van der Waals surface area contributed by atoms with Crippen molar-refractivity contribution in [3.63, 3.8) is 0 Å². The van der Waals surface area contributed by atoms with Crippen LogP contribution in [-0.4, -0.2) is 50.0 Å². The fourth-order valence-electron chi connectivity index (χ4n) is 3.33. The van der Waals surface area contributed by atoms with E-state index in [9.17, 15) is 30.7 Å². The fourth-order valence-corrected chi connectivity index (χ4v) is 3.33. The molecular weight excluding hydrogens is 433 g/mol. The molecule has 0 radical (unpaired) electrons. The lowest BCUT2D eigenvalue weighted by Gasteiger charge is -2.35. The fraction of sp³-hybridized carbons (Fsp3) is 0.400. The first-order chi connectivity index (χ1) is 14.5. The largest absolute Gasteiger partial charge is 0.573 e. The highest BCUT2D eigenvalue weighted by Crippen LogP contribution is 2.34. The first-order valence-electron chi connectivity index (χ1n) is 9.30. The van der Waals surface area contributed by atoms with Gasteiger partial charge >= 0.3 is 18.9 Å². The maximum atomic E-state index is 13.1. The van der Waals surface area contributed by atoms with Crippen LogP contribution in [-0.2, 0) is 0 Å². The highest BCUT2D eigenvalue weighted by molar-refractivity contribution is 5.38. The zero-order valence-electron chi connectivity index (χ0n) is 16.0. The molecule has 2 aromatic rings. The Bertz CT molecular complexity index is 836. The lowest BCUT2D eigenvalue weighted by Crippen LogP contribution is -2.45. The summed E-state index contributed by atoms with van der Waals surface area (Å²) in [5.41, 5.74) is 1.29. The molecule has 11 heteroatoms. The molecule has 0 spiro atoms. The Morgan fingerprint density at radius 1 is 0.742 bits per heavy atom. The van der Waals surface area contributed by atoms with Crippen LogP contribution in [0.4, 0.5) is 30.7 Å². The number of nitrogens with one attached hydrogen (secondary N) is 1. The van der Waals surface area contributed by atoms with Gasteiger partial charge < -0.3 is 14.8 Å². The molecule has 1 aliphatic heterocycles. The van der Waals surface area contributed by atoms with E-state index >= 15 is 0 Å². The van der Waals surface area contributed by atoms with Crippen LogP contribution in [0.3, 0.4) is 0 Å². The number of ether oxygens (including phenoxy) is 2. The molecule has 0 amide bonds. The van der Waals surface area contributed by atoms with E-state index in [1.54, 1.807) is 0 Å². The zero-order valence-corrected chi connectivity index (χ0v) is 16.0. The molecule has 1 saturated heterocycles. The molecule has 4 nitrogen and oxygen atoms in total. The zero-order chi connectivity index (χ0) is 22.6. The Kier molecular flexibility index (Phi) is 6.95. The lowest BCUT2D eigenvalue weighted by atomic mass is 9.96. The van der Waals surface area contributed by atoms with Crippen molar-refractivity contribution >= 4 is 0 Å². The molecule has 0 aromatic heterocycles. The van der Waals surface area contributed by atoms with Gasteiger partial charge in [-0.2, -0.15) is 17.6 Å². The van der Waals surface area contributed by atoms with Gasteiger partial charge in [0.2, 0.25) is 0 Å². The van der Waals surface area contributed by atoms with Gasteiger partial charge in [-0.25, -0.2) is 0 Å². The maximum absolute atomic E-state index is 13.1. The topological polar surface area (TPSA) is 33.7 Å². The first-order valence-corrected chi connectivity index (χ1v) is 9.30. The minimum atomic E-state index is -4.81. The van der Waals surface area contributed by atoms with Crippen LogP contribution >= 0.6 is 0 Å². The Labute approximate surface area is 173 Å². The van der Waals surface area contributed by atoms with Crippen molar-refractivity contribution in [2.75, 3.05) is 26.2 Å². The van der Waals surface area contributed by atoms with Crippen molar-refractivity contribution in [3.8, 4) is 11.5 Å². The predicted molar refractivity (Wildman–Crippen MR) is 97.4 cm³/mol. The van der Waals surface area contributed by atoms with Crippen molar-refractivity contribution in [2.45, 2.75) is 24.9 Å². The third kappa shape index (κ3) is 6.23. The number of hydrogen-bond acceptors (Lipinski definition) is 4. The summed E-state index contributed by atoms with van der Waals surface area (Å²) >= 11 is 0. The summed E-state index contributed by atoms with van der Waals surface area (Å²) in [7, 11) is 0. The quantitative estimate of drug-likeness (QED) is 0.611. The third-order valence-electron chi connectivity index (χ3n) is 4.65. The minimum Gasteiger partial charge on any atom is -0.428 e. The summed E-state index contributed by atoms with van der Waals surface area (Å²) in [5.74, 6) is -0.796. The molecule has 2 aromatic carbocycles. The van der Waals surface area contributed by atoms with Crippen LogP contribution in [0.5, 0.6) is 11.5 Å². The molecule has 3 rings (SSSR count). The molecule has 0 saturated carbocycles. The normalized spacial score (nSPS) is 16.9. The average Bonchev–Trinajstić information content (AvgIpc) is 2.70. The van der Waals surface area contributed by atoms with Gasteiger partial charge in [0.1, 0.15) is 11.5 Å². The monoisotopic (exact) mass is 452 g/mol. The van der Waals surface area contributed by atoms with E-state index < -0.39 is 30.7 Å². The van der Waals surface area contributed by atoms with Crippen LogP contribution in [0.2, 0.25) is 0 Å². The molecule has 1 aliphatic rings. The molecule has 31 heavy (non-hydrogen) atoms. The summed E-state index contributed by atoms with van der Waals surface area (Å²) in [5, 5.41) is 3.19.